The van der Waals surface area contributed by atoms with Crippen molar-refractivity contribution in [3.05, 3.63) is 22.7 Å². The molecule has 0 radical (unpaired) electrons. The van der Waals surface area contributed by atoms with Crippen molar-refractivity contribution in [3.8, 4) is 11.5 Å². The zero-order valence-electron chi connectivity index (χ0n) is 8.83. The third-order valence-electron chi connectivity index (χ3n) is 2.35. The smallest absolute Gasteiger partial charge is 0.258 e. The fourth-order valence-corrected chi connectivity index (χ4v) is 1.90. The largest absolute Gasteiger partial charge is 0.383 e. The first kappa shape index (κ1) is 11.3. The lowest BCUT2D eigenvalue weighted by atomic mass is 10.1. The molecule has 2 heterocycles. The van der Waals surface area contributed by atoms with Crippen LogP contribution in [0.4, 0.5) is 0 Å². The number of aromatic nitrogens is 2. The molecule has 0 saturated carbocycles. The van der Waals surface area contributed by atoms with Gasteiger partial charge in [-0.2, -0.15) is 16.3 Å². The highest BCUT2D eigenvalue weighted by Gasteiger charge is 2.21. The predicted octanol–water partition coefficient (Wildman–Crippen LogP) is 1.57. The summed E-state index contributed by atoms with van der Waals surface area (Å²) in [6.07, 6.45) is -0.218. The molecule has 86 valence electrons. The highest BCUT2D eigenvalue weighted by molar-refractivity contribution is 7.08. The van der Waals surface area contributed by atoms with E-state index in [1.165, 1.54) is 0 Å². The molecule has 3 N–H and O–H groups in total. The normalized spacial score (nSPS) is 14.9. The summed E-state index contributed by atoms with van der Waals surface area (Å²) in [6.45, 7) is 1.90. The molecule has 5 nitrogen and oxygen atoms in total. The molecule has 2 aromatic rings. The summed E-state index contributed by atoms with van der Waals surface area (Å²) in [5, 5.41) is 17.4. The van der Waals surface area contributed by atoms with Crippen LogP contribution in [0.2, 0.25) is 0 Å². The van der Waals surface area contributed by atoms with E-state index in [0.29, 0.717) is 12.3 Å². The van der Waals surface area contributed by atoms with Crippen LogP contribution in [-0.4, -0.2) is 21.3 Å². The van der Waals surface area contributed by atoms with Gasteiger partial charge in [0.1, 0.15) is 6.10 Å². The van der Waals surface area contributed by atoms with Gasteiger partial charge in [-0.3, -0.25) is 0 Å². The fourth-order valence-electron chi connectivity index (χ4n) is 1.27. The first-order chi connectivity index (χ1) is 7.72. The molecule has 0 amide bonds. The van der Waals surface area contributed by atoms with Gasteiger partial charge in [0.25, 0.3) is 5.89 Å². The van der Waals surface area contributed by atoms with E-state index in [4.69, 9.17) is 10.3 Å². The van der Waals surface area contributed by atoms with Crippen molar-refractivity contribution in [2.75, 3.05) is 0 Å². The van der Waals surface area contributed by atoms with Crippen LogP contribution in [0, 0.1) is 0 Å². The van der Waals surface area contributed by atoms with Crippen LogP contribution in [0.1, 0.15) is 25.3 Å². The van der Waals surface area contributed by atoms with E-state index in [0.717, 1.165) is 5.56 Å². The van der Waals surface area contributed by atoms with Gasteiger partial charge in [-0.15, -0.1) is 0 Å². The van der Waals surface area contributed by atoms with E-state index in [1.807, 2.05) is 23.8 Å². The minimum Gasteiger partial charge on any atom is -0.383 e. The SMILES string of the molecule is CC[C@H](N)C(O)c1noc(-c2ccsc2)n1. The Morgan fingerprint density at radius 1 is 1.62 bits per heavy atom. The summed E-state index contributed by atoms with van der Waals surface area (Å²) in [7, 11) is 0. The predicted molar refractivity (Wildman–Crippen MR) is 60.8 cm³/mol. The maximum atomic E-state index is 9.79. The summed E-state index contributed by atoms with van der Waals surface area (Å²) in [5.74, 6) is 0.661. The van der Waals surface area contributed by atoms with Crippen molar-refractivity contribution in [2.24, 2.45) is 5.73 Å². The highest BCUT2D eigenvalue weighted by Crippen LogP contribution is 2.22. The van der Waals surface area contributed by atoms with Gasteiger partial charge < -0.3 is 15.4 Å². The third kappa shape index (κ3) is 2.13. The molecule has 0 aliphatic rings. The average Bonchev–Trinajstić information content (AvgIpc) is 2.96. The summed E-state index contributed by atoms with van der Waals surface area (Å²) in [6, 6.07) is 1.52. The molecule has 0 bridgehead atoms. The van der Waals surface area contributed by atoms with Crippen molar-refractivity contribution in [3.63, 3.8) is 0 Å². The highest BCUT2D eigenvalue weighted by atomic mass is 32.1. The van der Waals surface area contributed by atoms with Gasteiger partial charge in [0.05, 0.1) is 5.56 Å². The molecule has 6 heteroatoms. The molecule has 2 aromatic heterocycles. The van der Waals surface area contributed by atoms with Crippen LogP contribution in [-0.2, 0) is 0 Å². The Morgan fingerprint density at radius 3 is 3.06 bits per heavy atom. The van der Waals surface area contributed by atoms with Gasteiger partial charge in [0.15, 0.2) is 0 Å². The molecular formula is C10H13N3O2S. The second-order valence-electron chi connectivity index (χ2n) is 3.49. The first-order valence-electron chi connectivity index (χ1n) is 5.02. The van der Waals surface area contributed by atoms with Gasteiger partial charge in [0, 0.05) is 11.4 Å². The Morgan fingerprint density at radius 2 is 2.44 bits per heavy atom. The molecule has 16 heavy (non-hydrogen) atoms. The molecule has 0 spiro atoms. The Bertz CT molecular complexity index is 441. The second kappa shape index (κ2) is 4.73. The van der Waals surface area contributed by atoms with Crippen LogP contribution in [0.5, 0.6) is 0 Å². The molecule has 2 rings (SSSR count). The minimum atomic E-state index is -0.874. The lowest BCUT2D eigenvalue weighted by Crippen LogP contribution is -2.28. The molecule has 0 aliphatic heterocycles. The first-order valence-corrected chi connectivity index (χ1v) is 5.96. The number of thiophene rings is 1. The maximum absolute atomic E-state index is 9.79. The van der Waals surface area contributed by atoms with Crippen LogP contribution < -0.4 is 5.73 Å². The number of nitrogens with zero attached hydrogens (tertiary/aromatic N) is 2. The van der Waals surface area contributed by atoms with Gasteiger partial charge in [-0.05, 0) is 17.9 Å². The number of hydrogen-bond donors (Lipinski definition) is 2. The van der Waals surface area contributed by atoms with Gasteiger partial charge >= 0.3 is 0 Å². The standard InChI is InChI=1S/C10H13N3O2S/c1-2-7(11)8(14)9-12-10(15-13-9)6-3-4-16-5-6/h3-5,7-8,14H,2,11H2,1H3/t7-,8?/m0/s1. The van der Waals surface area contributed by atoms with Crippen LogP contribution in [0.25, 0.3) is 11.5 Å². The second-order valence-corrected chi connectivity index (χ2v) is 4.27. The van der Waals surface area contributed by atoms with E-state index in [9.17, 15) is 5.11 Å². The number of hydrogen-bond acceptors (Lipinski definition) is 6. The molecule has 0 fully saturated rings. The Kier molecular flexibility index (Phi) is 3.33. The number of nitrogens with two attached hydrogens (primary N) is 1. The van der Waals surface area contributed by atoms with E-state index in [2.05, 4.69) is 10.1 Å². The maximum Gasteiger partial charge on any atom is 0.258 e. The van der Waals surface area contributed by atoms with Gasteiger partial charge in [-0.25, -0.2) is 0 Å². The monoisotopic (exact) mass is 239 g/mol. The fraction of sp³-hybridized carbons (Fsp3) is 0.400. The van der Waals surface area contributed by atoms with Gasteiger partial charge in [0.2, 0.25) is 5.82 Å². The number of aliphatic hydroxyl groups excluding tert-OH is 1. The van der Waals surface area contributed by atoms with Crippen LogP contribution >= 0.6 is 11.3 Å². The zero-order valence-corrected chi connectivity index (χ0v) is 9.65. The molecule has 0 aliphatic carbocycles. The summed E-state index contributed by atoms with van der Waals surface area (Å²) in [4.78, 5) is 4.12. The molecule has 1 unspecified atom stereocenters. The third-order valence-corrected chi connectivity index (χ3v) is 3.03. The van der Waals surface area contributed by atoms with E-state index in [1.54, 1.807) is 11.3 Å². The number of aliphatic hydroxyl groups is 1. The van der Waals surface area contributed by atoms with Crippen molar-refractivity contribution < 1.29 is 9.63 Å². The quantitative estimate of drug-likeness (QED) is 0.845. The topological polar surface area (TPSA) is 85.2 Å². The minimum absolute atomic E-state index is 0.246. The van der Waals surface area contributed by atoms with E-state index < -0.39 is 6.10 Å². The zero-order chi connectivity index (χ0) is 11.5. The van der Waals surface area contributed by atoms with Crippen molar-refractivity contribution >= 4 is 11.3 Å². The molecule has 2 atom stereocenters. The van der Waals surface area contributed by atoms with Crippen molar-refractivity contribution in [2.45, 2.75) is 25.5 Å². The van der Waals surface area contributed by atoms with Gasteiger partial charge in [-0.1, -0.05) is 12.1 Å². The molecule has 0 aromatic carbocycles. The summed E-state index contributed by atoms with van der Waals surface area (Å²) >= 11 is 1.55. The van der Waals surface area contributed by atoms with Crippen molar-refractivity contribution in [1.29, 1.82) is 0 Å². The van der Waals surface area contributed by atoms with Crippen molar-refractivity contribution in [1.82, 2.24) is 10.1 Å². The van der Waals surface area contributed by atoms with Crippen LogP contribution in [0.3, 0.4) is 0 Å². The number of rotatable bonds is 4. The summed E-state index contributed by atoms with van der Waals surface area (Å²) in [5.41, 5.74) is 6.57. The Labute approximate surface area is 96.9 Å². The Balaban J connectivity index is 2.20. The van der Waals surface area contributed by atoms with E-state index >= 15 is 0 Å². The Hall–Kier alpha value is -1.24. The summed E-state index contributed by atoms with van der Waals surface area (Å²) < 4.78 is 5.05. The molecule has 0 saturated heterocycles. The average molecular weight is 239 g/mol. The lowest BCUT2D eigenvalue weighted by Gasteiger charge is -2.12. The molecular weight excluding hydrogens is 226 g/mol. The van der Waals surface area contributed by atoms with Crippen LogP contribution in [0.15, 0.2) is 21.3 Å². The van der Waals surface area contributed by atoms with E-state index in [-0.39, 0.29) is 11.9 Å². The lowest BCUT2D eigenvalue weighted by molar-refractivity contribution is 0.132.